The Bertz CT molecular complexity index is 557. The van der Waals surface area contributed by atoms with Gasteiger partial charge in [0.05, 0.1) is 0 Å². The highest BCUT2D eigenvalue weighted by Gasteiger charge is 2.08. The second-order valence-corrected chi connectivity index (χ2v) is 6.67. The van der Waals surface area contributed by atoms with Gasteiger partial charge in [-0.2, -0.15) is 0 Å². The number of hydrogen-bond donors (Lipinski definition) is 0. The molecule has 1 aromatic heterocycles. The van der Waals surface area contributed by atoms with Crippen LogP contribution in [0.5, 0.6) is 0 Å². The molecule has 0 amide bonds. The maximum Gasteiger partial charge on any atom is 0.139 e. The first-order valence-corrected chi connectivity index (χ1v) is 8.33. The van der Waals surface area contributed by atoms with Crippen LogP contribution < -0.4 is 0 Å². The van der Waals surface area contributed by atoms with Crippen molar-refractivity contribution < 1.29 is 4.39 Å². The molecule has 0 bridgehead atoms. The average Bonchev–Trinajstić information content (AvgIpc) is 2.94. The average molecular weight is 302 g/mol. The number of aromatic nitrogens is 2. The van der Waals surface area contributed by atoms with Gasteiger partial charge in [0, 0.05) is 24.5 Å². The number of rotatable bonds is 8. The molecule has 0 aliphatic heterocycles. The van der Waals surface area contributed by atoms with Gasteiger partial charge in [0.1, 0.15) is 11.6 Å². The van der Waals surface area contributed by atoms with Gasteiger partial charge in [-0.05, 0) is 42.5 Å². The molecule has 3 heteroatoms. The van der Waals surface area contributed by atoms with Crippen molar-refractivity contribution >= 4 is 0 Å². The van der Waals surface area contributed by atoms with Crippen LogP contribution in [0.4, 0.5) is 4.39 Å². The highest BCUT2D eigenvalue weighted by molar-refractivity contribution is 5.55. The predicted octanol–water partition coefficient (Wildman–Crippen LogP) is 5.54. The highest BCUT2D eigenvalue weighted by atomic mass is 19.1. The molecule has 1 heterocycles. The molecule has 1 aromatic carbocycles. The van der Waals surface area contributed by atoms with E-state index in [2.05, 4.69) is 30.3 Å². The summed E-state index contributed by atoms with van der Waals surface area (Å²) in [5.74, 6) is 2.24. The van der Waals surface area contributed by atoms with Crippen molar-refractivity contribution in [2.75, 3.05) is 0 Å². The minimum absolute atomic E-state index is 0.208. The summed E-state index contributed by atoms with van der Waals surface area (Å²) in [7, 11) is 0. The number of benzene rings is 1. The maximum absolute atomic E-state index is 13.0. The zero-order valence-electron chi connectivity index (χ0n) is 13.9. The molecule has 0 saturated carbocycles. The topological polar surface area (TPSA) is 17.8 Å². The normalized spacial score (nSPS) is 12.8. The quantitative estimate of drug-likeness (QED) is 0.626. The van der Waals surface area contributed by atoms with E-state index in [4.69, 9.17) is 0 Å². The molecule has 120 valence electrons. The number of hydrogen-bond acceptors (Lipinski definition) is 1. The number of imidazole rings is 1. The van der Waals surface area contributed by atoms with Gasteiger partial charge < -0.3 is 4.57 Å². The Morgan fingerprint density at radius 2 is 1.77 bits per heavy atom. The number of halogens is 1. The van der Waals surface area contributed by atoms with Gasteiger partial charge in [-0.3, -0.25) is 0 Å². The first-order valence-electron chi connectivity index (χ1n) is 8.33. The van der Waals surface area contributed by atoms with Crippen LogP contribution in [0.3, 0.4) is 0 Å². The fraction of sp³-hybridized carbons (Fsp3) is 0.526. The molecule has 0 spiro atoms. The van der Waals surface area contributed by atoms with Crippen molar-refractivity contribution in [1.82, 2.24) is 9.55 Å². The van der Waals surface area contributed by atoms with E-state index in [1.54, 1.807) is 12.1 Å². The van der Waals surface area contributed by atoms with E-state index < -0.39 is 0 Å². The van der Waals surface area contributed by atoms with Gasteiger partial charge in [0.15, 0.2) is 0 Å². The Morgan fingerprint density at radius 3 is 2.45 bits per heavy atom. The third kappa shape index (κ3) is 4.97. The summed E-state index contributed by atoms with van der Waals surface area (Å²) in [4.78, 5) is 4.42. The molecule has 2 aromatic rings. The summed E-state index contributed by atoms with van der Waals surface area (Å²) >= 11 is 0. The predicted molar refractivity (Wildman–Crippen MR) is 90.1 cm³/mol. The fourth-order valence-electron chi connectivity index (χ4n) is 2.73. The van der Waals surface area contributed by atoms with Crippen molar-refractivity contribution in [1.29, 1.82) is 0 Å². The molecular weight excluding hydrogens is 275 g/mol. The molecule has 0 radical (unpaired) electrons. The van der Waals surface area contributed by atoms with Crippen LogP contribution in [-0.4, -0.2) is 9.55 Å². The van der Waals surface area contributed by atoms with Crippen molar-refractivity contribution in [3.63, 3.8) is 0 Å². The summed E-state index contributed by atoms with van der Waals surface area (Å²) in [6.07, 6.45) is 8.91. The highest BCUT2D eigenvalue weighted by Crippen LogP contribution is 2.20. The van der Waals surface area contributed by atoms with Gasteiger partial charge in [-0.15, -0.1) is 0 Å². The summed E-state index contributed by atoms with van der Waals surface area (Å²) in [5.41, 5.74) is 0.971. The number of nitrogens with zero attached hydrogens (tertiary/aromatic N) is 2. The Morgan fingerprint density at radius 1 is 1.05 bits per heavy atom. The van der Waals surface area contributed by atoms with Crippen LogP contribution in [0.1, 0.15) is 46.5 Å². The van der Waals surface area contributed by atoms with Gasteiger partial charge in [-0.25, -0.2) is 9.37 Å². The summed E-state index contributed by atoms with van der Waals surface area (Å²) in [5, 5.41) is 0. The molecular formula is C19H27FN2. The lowest BCUT2D eigenvalue weighted by molar-refractivity contribution is 0.415. The molecule has 1 unspecified atom stereocenters. The number of aryl methyl sites for hydroxylation is 1. The molecule has 0 saturated heterocycles. The van der Waals surface area contributed by atoms with Crippen LogP contribution in [0.2, 0.25) is 0 Å². The lowest BCUT2D eigenvalue weighted by Crippen LogP contribution is -2.05. The van der Waals surface area contributed by atoms with Gasteiger partial charge in [0.2, 0.25) is 0 Å². The second-order valence-electron chi connectivity index (χ2n) is 6.67. The lowest BCUT2D eigenvalue weighted by Gasteiger charge is -2.14. The Kier molecular flexibility index (Phi) is 6.17. The Hall–Kier alpha value is -1.64. The SMILES string of the molecule is CC(C)CCCC(C)CCn1ccnc1-c1ccc(F)cc1. The Labute approximate surface area is 133 Å². The van der Waals surface area contributed by atoms with Crippen molar-refractivity contribution in [3.05, 3.63) is 42.5 Å². The van der Waals surface area contributed by atoms with Gasteiger partial charge in [0.25, 0.3) is 0 Å². The molecule has 0 fully saturated rings. The Balaban J connectivity index is 1.89. The maximum atomic E-state index is 13.0. The third-order valence-corrected chi connectivity index (χ3v) is 4.16. The standard InChI is InChI=1S/C19H27FN2/c1-15(2)5-4-6-16(3)11-13-22-14-12-21-19(22)17-7-9-18(20)10-8-17/h7-10,12,14-16H,4-6,11,13H2,1-3H3. The van der Waals surface area contributed by atoms with Crippen molar-refractivity contribution in [3.8, 4) is 11.4 Å². The van der Waals surface area contributed by atoms with Crippen LogP contribution in [0.25, 0.3) is 11.4 Å². The van der Waals surface area contributed by atoms with Gasteiger partial charge >= 0.3 is 0 Å². The molecule has 2 nitrogen and oxygen atoms in total. The molecule has 0 aliphatic rings. The lowest BCUT2D eigenvalue weighted by atomic mass is 9.97. The smallest absolute Gasteiger partial charge is 0.139 e. The molecule has 0 N–H and O–H groups in total. The molecule has 22 heavy (non-hydrogen) atoms. The van der Waals surface area contributed by atoms with Crippen LogP contribution >= 0.6 is 0 Å². The van der Waals surface area contributed by atoms with E-state index in [1.165, 1.54) is 31.4 Å². The summed E-state index contributed by atoms with van der Waals surface area (Å²) in [6.45, 7) is 7.86. The van der Waals surface area contributed by atoms with Crippen LogP contribution in [-0.2, 0) is 6.54 Å². The van der Waals surface area contributed by atoms with E-state index in [1.807, 2.05) is 12.4 Å². The van der Waals surface area contributed by atoms with Crippen LogP contribution in [0, 0.1) is 17.7 Å². The first kappa shape index (κ1) is 16.7. The van der Waals surface area contributed by atoms with Crippen LogP contribution in [0.15, 0.2) is 36.7 Å². The van der Waals surface area contributed by atoms with E-state index in [0.717, 1.165) is 36.2 Å². The zero-order chi connectivity index (χ0) is 15.9. The largest absolute Gasteiger partial charge is 0.331 e. The summed E-state index contributed by atoms with van der Waals surface area (Å²) < 4.78 is 15.2. The monoisotopic (exact) mass is 302 g/mol. The van der Waals surface area contributed by atoms with Crippen molar-refractivity contribution in [2.45, 2.75) is 53.0 Å². The zero-order valence-corrected chi connectivity index (χ0v) is 13.9. The van der Waals surface area contributed by atoms with E-state index in [-0.39, 0.29) is 5.82 Å². The third-order valence-electron chi connectivity index (χ3n) is 4.16. The minimum Gasteiger partial charge on any atom is -0.331 e. The van der Waals surface area contributed by atoms with E-state index in [0.29, 0.717) is 0 Å². The molecule has 0 aliphatic carbocycles. The van der Waals surface area contributed by atoms with E-state index >= 15 is 0 Å². The first-order chi connectivity index (χ1) is 10.6. The molecule has 1 atom stereocenters. The van der Waals surface area contributed by atoms with Gasteiger partial charge in [-0.1, -0.05) is 40.0 Å². The minimum atomic E-state index is -0.208. The molecule has 2 rings (SSSR count). The van der Waals surface area contributed by atoms with E-state index in [9.17, 15) is 4.39 Å². The summed E-state index contributed by atoms with van der Waals surface area (Å²) in [6, 6.07) is 6.56. The second kappa shape index (κ2) is 8.11. The fourth-order valence-corrected chi connectivity index (χ4v) is 2.73. The van der Waals surface area contributed by atoms with Crippen molar-refractivity contribution in [2.24, 2.45) is 11.8 Å².